The van der Waals surface area contributed by atoms with Gasteiger partial charge in [-0.2, -0.15) is 13.2 Å². The van der Waals surface area contributed by atoms with Gasteiger partial charge in [-0.05, 0) is 124 Å². The Balaban J connectivity index is 1.58. The number of rotatable bonds is 5. The third-order valence-electron chi connectivity index (χ3n) is 11.1. The van der Waals surface area contributed by atoms with E-state index in [4.69, 9.17) is 0 Å². The summed E-state index contributed by atoms with van der Waals surface area (Å²) < 4.78 is 39.9. The van der Waals surface area contributed by atoms with E-state index < -0.39 is 17.4 Å². The number of alkyl halides is 3. The lowest BCUT2D eigenvalue weighted by atomic mass is 9.45. The van der Waals surface area contributed by atoms with E-state index in [0.29, 0.717) is 47.3 Å². The molecule has 32 heavy (non-hydrogen) atoms. The number of hydrogen-bond donors (Lipinski definition) is 2. The average molecular weight is 459 g/mol. The predicted molar refractivity (Wildman–Crippen MR) is 121 cm³/mol. The maximum Gasteiger partial charge on any atom is 0.416 e. The fourth-order valence-electron chi connectivity index (χ4n) is 8.87. The molecule has 0 aromatic rings. The van der Waals surface area contributed by atoms with Crippen molar-refractivity contribution >= 4 is 0 Å². The third-order valence-corrected chi connectivity index (χ3v) is 11.1. The molecule has 0 radical (unpaired) electrons. The molecule has 0 aliphatic heterocycles. The van der Waals surface area contributed by atoms with Crippen LogP contribution in [-0.2, 0) is 0 Å². The van der Waals surface area contributed by atoms with Crippen LogP contribution in [0.3, 0.4) is 0 Å². The number of hydrogen-bond acceptors (Lipinski definition) is 2. The van der Waals surface area contributed by atoms with Crippen molar-refractivity contribution in [1.29, 1.82) is 0 Å². The van der Waals surface area contributed by atoms with E-state index in [0.717, 1.165) is 39.0 Å². The van der Waals surface area contributed by atoms with Crippen LogP contribution in [0.1, 0.15) is 105 Å². The van der Waals surface area contributed by atoms with E-state index in [1.165, 1.54) is 32.1 Å². The molecule has 2 nitrogen and oxygen atoms in total. The van der Waals surface area contributed by atoms with Crippen molar-refractivity contribution < 1.29 is 23.4 Å². The summed E-state index contributed by atoms with van der Waals surface area (Å²) in [5.41, 5.74) is -2.76. The first-order valence-corrected chi connectivity index (χ1v) is 13.3. The van der Waals surface area contributed by atoms with Crippen LogP contribution in [0.5, 0.6) is 0 Å². The van der Waals surface area contributed by atoms with Crippen molar-refractivity contribution in [1.82, 2.24) is 0 Å². The zero-order valence-electron chi connectivity index (χ0n) is 20.6. The van der Waals surface area contributed by atoms with Gasteiger partial charge >= 0.3 is 6.18 Å². The van der Waals surface area contributed by atoms with Crippen molar-refractivity contribution in [3.8, 4) is 0 Å². The molecule has 0 aromatic heterocycles. The summed E-state index contributed by atoms with van der Waals surface area (Å²) in [4.78, 5) is 0. The van der Waals surface area contributed by atoms with Crippen LogP contribution < -0.4 is 0 Å². The Labute approximate surface area is 192 Å². The van der Waals surface area contributed by atoms with Gasteiger partial charge in [-0.1, -0.05) is 27.2 Å². The Morgan fingerprint density at radius 1 is 1.06 bits per heavy atom. The maximum atomic E-state index is 13.3. The standard InChI is InChI=1S/C27H45F3O2/c1-5-26(32)14-10-19-18(16-26)15-21(17(2)8-13-25(4,31)27(28,29)30)23-20(19)9-12-24(3)11-6-7-22(23)24/h17-23,31-32H,5-16H2,1-4H3/t17-,18+,19+,20-,21?,22+,23+,24-,25+,26+/m1/s1. The zero-order valence-corrected chi connectivity index (χ0v) is 20.6. The molecule has 4 aliphatic carbocycles. The summed E-state index contributed by atoms with van der Waals surface area (Å²) >= 11 is 0. The fraction of sp³-hybridized carbons (Fsp3) is 1.00. The molecular weight excluding hydrogens is 413 g/mol. The van der Waals surface area contributed by atoms with Crippen molar-refractivity contribution in [2.75, 3.05) is 0 Å². The molecule has 4 fully saturated rings. The Morgan fingerprint density at radius 2 is 1.75 bits per heavy atom. The van der Waals surface area contributed by atoms with Crippen molar-refractivity contribution in [2.45, 2.75) is 122 Å². The van der Waals surface area contributed by atoms with Crippen LogP contribution in [0.15, 0.2) is 0 Å². The maximum absolute atomic E-state index is 13.3. The molecule has 2 N–H and O–H groups in total. The van der Waals surface area contributed by atoms with E-state index in [-0.39, 0.29) is 12.3 Å². The zero-order chi connectivity index (χ0) is 23.5. The highest BCUT2D eigenvalue weighted by atomic mass is 19.4. The Morgan fingerprint density at radius 3 is 2.41 bits per heavy atom. The van der Waals surface area contributed by atoms with Crippen LogP contribution in [-0.4, -0.2) is 27.6 Å². The van der Waals surface area contributed by atoms with Crippen LogP contribution in [0.4, 0.5) is 13.2 Å². The minimum absolute atomic E-state index is 0.164. The van der Waals surface area contributed by atoms with Gasteiger partial charge in [0.25, 0.3) is 0 Å². The molecule has 0 saturated heterocycles. The third kappa shape index (κ3) is 4.27. The van der Waals surface area contributed by atoms with Gasteiger partial charge in [0, 0.05) is 0 Å². The Bertz CT molecular complexity index is 676. The van der Waals surface area contributed by atoms with E-state index in [2.05, 4.69) is 20.8 Å². The molecule has 0 aromatic carbocycles. The second-order valence-corrected chi connectivity index (χ2v) is 12.9. The lowest BCUT2D eigenvalue weighted by Crippen LogP contribution is -2.54. The van der Waals surface area contributed by atoms with E-state index in [1.54, 1.807) is 0 Å². The van der Waals surface area contributed by atoms with Crippen LogP contribution >= 0.6 is 0 Å². The van der Waals surface area contributed by atoms with Crippen molar-refractivity contribution in [2.24, 2.45) is 46.8 Å². The van der Waals surface area contributed by atoms with Crippen molar-refractivity contribution in [3.05, 3.63) is 0 Å². The van der Waals surface area contributed by atoms with Gasteiger partial charge in [-0.3, -0.25) is 0 Å². The summed E-state index contributed by atoms with van der Waals surface area (Å²) in [6.07, 6.45) is 6.76. The van der Waals surface area contributed by atoms with E-state index >= 15 is 0 Å². The second kappa shape index (κ2) is 8.43. The average Bonchev–Trinajstić information content (AvgIpc) is 3.12. The smallest absolute Gasteiger partial charge is 0.390 e. The molecule has 4 rings (SSSR count). The highest BCUT2D eigenvalue weighted by Crippen LogP contribution is 2.65. The van der Waals surface area contributed by atoms with Gasteiger partial charge in [0.2, 0.25) is 0 Å². The molecule has 0 spiro atoms. The molecule has 4 aliphatic rings. The fourth-order valence-corrected chi connectivity index (χ4v) is 8.87. The summed E-state index contributed by atoms with van der Waals surface area (Å²) in [7, 11) is 0. The van der Waals surface area contributed by atoms with Gasteiger partial charge in [-0.15, -0.1) is 0 Å². The molecule has 186 valence electrons. The van der Waals surface area contributed by atoms with Gasteiger partial charge < -0.3 is 10.2 Å². The topological polar surface area (TPSA) is 40.5 Å². The molecular formula is C27H45F3O2. The van der Waals surface area contributed by atoms with Crippen LogP contribution in [0, 0.1) is 46.8 Å². The normalized spacial score (nSPS) is 47.2. The summed E-state index contributed by atoms with van der Waals surface area (Å²) in [6, 6.07) is 0. The van der Waals surface area contributed by atoms with Gasteiger partial charge in [0.1, 0.15) is 0 Å². The first kappa shape index (κ1) is 24.8. The first-order valence-electron chi connectivity index (χ1n) is 13.3. The SMILES string of the molecule is CC[C@]1(O)CC[C@H]2[C@@H](CC([C@H](C)CC[C@](C)(O)C(F)(F)F)[C@@H]3[C@@H]2CC[C@@]2(C)CCC[C@@H]32)C1. The van der Waals surface area contributed by atoms with Crippen LogP contribution in [0.25, 0.3) is 0 Å². The van der Waals surface area contributed by atoms with Crippen molar-refractivity contribution in [3.63, 3.8) is 0 Å². The lowest BCUT2D eigenvalue weighted by molar-refractivity contribution is -0.256. The highest BCUT2D eigenvalue weighted by Gasteiger charge is 2.58. The van der Waals surface area contributed by atoms with E-state index in [1.807, 2.05) is 0 Å². The van der Waals surface area contributed by atoms with Crippen LogP contribution in [0.2, 0.25) is 0 Å². The van der Waals surface area contributed by atoms with Gasteiger partial charge in [-0.25, -0.2) is 0 Å². The monoisotopic (exact) mass is 458 g/mol. The molecule has 5 heteroatoms. The Kier molecular flexibility index (Phi) is 6.54. The second-order valence-electron chi connectivity index (χ2n) is 12.9. The van der Waals surface area contributed by atoms with E-state index in [9.17, 15) is 23.4 Å². The summed E-state index contributed by atoms with van der Waals surface area (Å²) in [6.45, 7) is 7.62. The molecule has 4 saturated carbocycles. The number of aliphatic hydroxyl groups is 2. The lowest BCUT2D eigenvalue weighted by Gasteiger charge is -2.60. The quantitative estimate of drug-likeness (QED) is 0.460. The molecule has 0 bridgehead atoms. The Hall–Kier alpha value is -0.290. The molecule has 1 unspecified atom stereocenters. The molecule has 0 heterocycles. The molecule has 0 amide bonds. The minimum atomic E-state index is -4.58. The highest BCUT2D eigenvalue weighted by molar-refractivity contribution is 5.07. The molecule has 10 atom stereocenters. The number of fused-ring (bicyclic) bond motifs is 5. The summed E-state index contributed by atoms with van der Waals surface area (Å²) in [5, 5.41) is 21.1. The van der Waals surface area contributed by atoms with Gasteiger partial charge in [0.15, 0.2) is 5.60 Å². The minimum Gasteiger partial charge on any atom is -0.390 e. The largest absolute Gasteiger partial charge is 0.416 e. The summed E-state index contributed by atoms with van der Waals surface area (Å²) in [5.74, 6) is 3.72. The first-order chi connectivity index (χ1) is 14.8. The predicted octanol–water partition coefficient (Wildman–Crippen LogP) is 7.13. The number of halogens is 3. The van der Waals surface area contributed by atoms with Gasteiger partial charge in [0.05, 0.1) is 5.60 Å².